The molecule has 6 nitrogen and oxygen atoms in total. The van der Waals surface area contributed by atoms with E-state index in [0.29, 0.717) is 28.7 Å². The zero-order chi connectivity index (χ0) is 21.8. The predicted molar refractivity (Wildman–Crippen MR) is 124 cm³/mol. The lowest BCUT2D eigenvalue weighted by atomic mass is 9.95. The monoisotopic (exact) mass is 463 g/mol. The van der Waals surface area contributed by atoms with Gasteiger partial charge in [-0.25, -0.2) is 4.79 Å². The smallest absolute Gasteiger partial charge is 0.327 e. The molecule has 1 atom stereocenters. The van der Waals surface area contributed by atoms with Gasteiger partial charge in [0.15, 0.2) is 11.5 Å². The van der Waals surface area contributed by atoms with E-state index in [1.807, 2.05) is 30.3 Å². The fraction of sp³-hybridized carbons (Fsp3) is 0.167. The number of carboxylic acid groups (broad SMARTS) is 1. The summed E-state index contributed by atoms with van der Waals surface area (Å²) in [5, 5.41) is 13.7. The summed E-state index contributed by atoms with van der Waals surface area (Å²) in [6.45, 7) is 0.175. The molecule has 8 heteroatoms. The third kappa shape index (κ3) is 3.02. The summed E-state index contributed by atoms with van der Waals surface area (Å²) in [5.41, 5.74) is 3.51. The van der Waals surface area contributed by atoms with Gasteiger partial charge in [-0.15, -0.1) is 23.1 Å². The second-order valence-corrected chi connectivity index (χ2v) is 9.64. The van der Waals surface area contributed by atoms with E-state index in [4.69, 9.17) is 9.47 Å². The highest BCUT2D eigenvalue weighted by Crippen LogP contribution is 2.44. The van der Waals surface area contributed by atoms with E-state index in [-0.39, 0.29) is 12.4 Å². The van der Waals surface area contributed by atoms with Crippen LogP contribution < -0.4 is 15.0 Å². The summed E-state index contributed by atoms with van der Waals surface area (Å²) in [4.78, 5) is 24.9. The normalized spacial score (nSPS) is 16.4. The highest BCUT2D eigenvalue weighted by Gasteiger charge is 2.33. The largest absolute Gasteiger partial charge is 0.480 e. The number of thioether (sulfide) groups is 1. The topological polar surface area (TPSA) is 77.8 Å². The number of aromatic nitrogens is 1. The molecule has 2 aromatic carbocycles. The van der Waals surface area contributed by atoms with Gasteiger partial charge in [0.2, 0.25) is 6.79 Å². The van der Waals surface area contributed by atoms with Crippen molar-refractivity contribution in [1.29, 1.82) is 0 Å². The van der Waals surface area contributed by atoms with E-state index < -0.39 is 12.0 Å². The van der Waals surface area contributed by atoms with Gasteiger partial charge < -0.3 is 14.6 Å². The summed E-state index contributed by atoms with van der Waals surface area (Å²) in [7, 11) is 0. The first-order valence-corrected chi connectivity index (χ1v) is 12.0. The van der Waals surface area contributed by atoms with Crippen molar-refractivity contribution in [3.8, 4) is 22.6 Å². The number of rotatable bonds is 4. The number of carboxylic acids is 1. The van der Waals surface area contributed by atoms with Crippen molar-refractivity contribution in [3.63, 3.8) is 0 Å². The average Bonchev–Trinajstić information content (AvgIpc) is 3.52. The number of fused-ring (bicyclic) bond motifs is 3. The molecule has 2 aromatic heterocycles. The first-order chi connectivity index (χ1) is 15.6. The highest BCUT2D eigenvalue weighted by atomic mass is 32.2. The number of aliphatic carboxylic acids is 1. The first kappa shape index (κ1) is 19.5. The Morgan fingerprint density at radius 1 is 1.09 bits per heavy atom. The van der Waals surface area contributed by atoms with Crippen LogP contribution in [0.2, 0.25) is 0 Å². The first-order valence-electron chi connectivity index (χ1n) is 10.1. The molecule has 2 aliphatic rings. The molecule has 160 valence electrons. The quantitative estimate of drug-likeness (QED) is 0.469. The van der Waals surface area contributed by atoms with Gasteiger partial charge >= 0.3 is 5.97 Å². The minimum absolute atomic E-state index is 0.175. The van der Waals surface area contributed by atoms with Crippen LogP contribution in [0.15, 0.2) is 63.7 Å². The van der Waals surface area contributed by atoms with E-state index in [9.17, 15) is 14.7 Å². The Morgan fingerprint density at radius 3 is 2.81 bits per heavy atom. The van der Waals surface area contributed by atoms with Crippen molar-refractivity contribution in [2.75, 3.05) is 12.5 Å². The number of hydrogen-bond acceptors (Lipinski definition) is 6. The summed E-state index contributed by atoms with van der Waals surface area (Å²) in [6.07, 6.45) is 0.579. The summed E-state index contributed by atoms with van der Waals surface area (Å²) in [6, 6.07) is 14.7. The van der Waals surface area contributed by atoms with E-state index in [2.05, 4.69) is 17.5 Å². The van der Waals surface area contributed by atoms with Crippen molar-refractivity contribution in [3.05, 3.63) is 75.4 Å². The van der Waals surface area contributed by atoms with Gasteiger partial charge in [0.1, 0.15) is 6.04 Å². The molecule has 32 heavy (non-hydrogen) atoms. The number of benzene rings is 2. The fourth-order valence-corrected chi connectivity index (χ4v) is 6.69. The SMILES string of the molecule is O=C(O)[C@@H]1CSc2c(-c3ccc4c(c3)OCO4)c(Cc3csc4ccccc34)cc(=O)n21. The lowest BCUT2D eigenvalue weighted by Gasteiger charge is -2.17. The molecule has 0 radical (unpaired) electrons. The fourth-order valence-electron chi connectivity index (χ4n) is 4.37. The average molecular weight is 464 g/mol. The van der Waals surface area contributed by atoms with E-state index in [1.54, 1.807) is 17.4 Å². The van der Waals surface area contributed by atoms with Crippen molar-refractivity contribution in [2.45, 2.75) is 17.5 Å². The number of hydrogen-bond donors (Lipinski definition) is 1. The van der Waals surface area contributed by atoms with E-state index >= 15 is 0 Å². The molecule has 0 saturated heterocycles. The van der Waals surface area contributed by atoms with Gasteiger partial charge in [-0.2, -0.15) is 0 Å². The Labute approximate surface area is 191 Å². The molecule has 0 bridgehead atoms. The molecule has 6 rings (SSSR count). The Balaban J connectivity index is 1.56. The third-order valence-corrected chi connectivity index (χ3v) is 8.04. The van der Waals surface area contributed by atoms with Crippen molar-refractivity contribution >= 4 is 39.2 Å². The standard InChI is InChI=1S/C24H17NO5S2/c26-21-9-14(7-15-10-31-20-4-2-1-3-16(15)20)22(23-25(21)17(11-32-23)24(27)28)13-5-6-18-19(8-13)30-12-29-18/h1-6,8-10,17H,7,11-12H2,(H,27,28)/t17-/m0/s1. The zero-order valence-electron chi connectivity index (χ0n) is 16.7. The Kier molecular flexibility index (Phi) is 4.51. The Hall–Kier alpha value is -3.23. The van der Waals surface area contributed by atoms with Gasteiger partial charge in [-0.3, -0.25) is 9.36 Å². The van der Waals surface area contributed by atoms with Crippen molar-refractivity contribution in [1.82, 2.24) is 4.57 Å². The molecule has 2 aliphatic heterocycles. The second-order valence-electron chi connectivity index (χ2n) is 7.72. The maximum atomic E-state index is 13.1. The maximum Gasteiger partial charge on any atom is 0.327 e. The summed E-state index contributed by atoms with van der Waals surface area (Å²) >= 11 is 3.10. The van der Waals surface area contributed by atoms with Crippen LogP contribution in [0.1, 0.15) is 17.2 Å². The van der Waals surface area contributed by atoms with Crippen LogP contribution >= 0.6 is 23.1 Å². The predicted octanol–water partition coefficient (Wildman–Crippen LogP) is 4.78. The van der Waals surface area contributed by atoms with Crippen LogP contribution in [0.3, 0.4) is 0 Å². The van der Waals surface area contributed by atoms with Gasteiger partial charge in [-0.05, 0) is 52.1 Å². The molecule has 0 aliphatic carbocycles. The lowest BCUT2D eigenvalue weighted by molar-refractivity contribution is -0.140. The molecule has 1 N–H and O–H groups in total. The second kappa shape index (κ2) is 7.43. The maximum absolute atomic E-state index is 13.1. The Morgan fingerprint density at radius 2 is 1.94 bits per heavy atom. The molecular weight excluding hydrogens is 446 g/mol. The molecule has 0 saturated carbocycles. The van der Waals surface area contributed by atoms with Crippen LogP contribution in [-0.2, 0) is 11.2 Å². The number of thiophene rings is 1. The van der Waals surface area contributed by atoms with E-state index in [1.165, 1.54) is 26.4 Å². The zero-order valence-corrected chi connectivity index (χ0v) is 18.4. The lowest BCUT2D eigenvalue weighted by Crippen LogP contribution is -2.29. The van der Waals surface area contributed by atoms with Crippen LogP contribution in [0.5, 0.6) is 11.5 Å². The molecule has 0 unspecified atom stereocenters. The van der Waals surface area contributed by atoms with Crippen molar-refractivity contribution in [2.24, 2.45) is 0 Å². The summed E-state index contributed by atoms with van der Waals surface area (Å²) in [5.74, 6) is 0.663. The Bertz CT molecular complexity index is 1450. The number of pyridine rings is 1. The molecule has 0 spiro atoms. The number of ether oxygens (including phenoxy) is 2. The van der Waals surface area contributed by atoms with Crippen molar-refractivity contribution < 1.29 is 19.4 Å². The van der Waals surface area contributed by atoms with Crippen LogP contribution in [0.4, 0.5) is 0 Å². The number of carbonyl (C=O) groups is 1. The molecule has 4 aromatic rings. The highest BCUT2D eigenvalue weighted by molar-refractivity contribution is 7.99. The minimum Gasteiger partial charge on any atom is -0.480 e. The molecular formula is C24H17NO5S2. The van der Waals surface area contributed by atoms with Gasteiger partial charge in [0.25, 0.3) is 5.56 Å². The molecule has 0 amide bonds. The minimum atomic E-state index is -0.994. The van der Waals surface area contributed by atoms with E-state index in [0.717, 1.165) is 22.3 Å². The number of nitrogens with zero attached hydrogens (tertiary/aromatic N) is 1. The third-order valence-electron chi connectivity index (χ3n) is 5.87. The molecule has 4 heterocycles. The summed E-state index contributed by atoms with van der Waals surface area (Å²) < 4.78 is 13.6. The van der Waals surface area contributed by atoms with Crippen LogP contribution in [-0.4, -0.2) is 28.2 Å². The van der Waals surface area contributed by atoms with Crippen LogP contribution in [0, 0.1) is 0 Å². The molecule has 0 fully saturated rings. The van der Waals surface area contributed by atoms with Gasteiger partial charge in [-0.1, -0.05) is 24.3 Å². The van der Waals surface area contributed by atoms with Gasteiger partial charge in [0, 0.05) is 22.1 Å². The van der Waals surface area contributed by atoms with Crippen LogP contribution in [0.25, 0.3) is 21.2 Å². The van der Waals surface area contributed by atoms with Gasteiger partial charge in [0.05, 0.1) is 5.03 Å².